The van der Waals surface area contributed by atoms with Crippen LogP contribution in [0.3, 0.4) is 0 Å². The molecule has 3 aromatic rings. The molecule has 1 saturated heterocycles. The number of aromatic amines is 1. The van der Waals surface area contributed by atoms with Crippen LogP contribution in [0.25, 0.3) is 21.3 Å². The number of anilines is 1. The predicted molar refractivity (Wildman–Crippen MR) is 103 cm³/mol. The highest BCUT2D eigenvalue weighted by molar-refractivity contribution is 7.17. The smallest absolute Gasteiger partial charge is 0.308 e. The SMILES string of the molecule is Cc1ccc(-c2csc3c(=O)[nH]c(N4CCC[C@@H](C(=O)O)C4)nc23)cc1. The molecule has 1 aliphatic rings. The van der Waals surface area contributed by atoms with Gasteiger partial charge in [0.1, 0.15) is 4.70 Å². The van der Waals surface area contributed by atoms with Gasteiger partial charge in [-0.15, -0.1) is 11.3 Å². The maximum absolute atomic E-state index is 12.5. The number of hydrogen-bond donors (Lipinski definition) is 2. The minimum atomic E-state index is -0.797. The van der Waals surface area contributed by atoms with E-state index in [0.717, 1.165) is 17.5 Å². The summed E-state index contributed by atoms with van der Waals surface area (Å²) in [6.07, 6.45) is 1.43. The van der Waals surface area contributed by atoms with Crippen LogP contribution in [0.2, 0.25) is 0 Å². The zero-order valence-electron chi connectivity index (χ0n) is 14.4. The largest absolute Gasteiger partial charge is 0.481 e. The molecule has 7 heteroatoms. The number of hydrogen-bond acceptors (Lipinski definition) is 5. The topological polar surface area (TPSA) is 86.3 Å². The molecule has 3 heterocycles. The summed E-state index contributed by atoms with van der Waals surface area (Å²) in [6.45, 7) is 3.10. The van der Waals surface area contributed by atoms with E-state index in [4.69, 9.17) is 4.98 Å². The number of nitrogens with one attached hydrogen (secondary N) is 1. The number of aliphatic carboxylic acids is 1. The van der Waals surface area contributed by atoms with Crippen LogP contribution in [-0.4, -0.2) is 34.1 Å². The van der Waals surface area contributed by atoms with Gasteiger partial charge in [0, 0.05) is 24.0 Å². The third kappa shape index (κ3) is 2.99. The minimum Gasteiger partial charge on any atom is -0.481 e. The van der Waals surface area contributed by atoms with Crippen LogP contribution in [0.15, 0.2) is 34.4 Å². The lowest BCUT2D eigenvalue weighted by Gasteiger charge is -2.31. The lowest BCUT2D eigenvalue weighted by atomic mass is 9.99. The third-order valence-electron chi connectivity index (χ3n) is 4.85. The maximum Gasteiger partial charge on any atom is 0.308 e. The van der Waals surface area contributed by atoms with Gasteiger partial charge in [0.05, 0.1) is 11.4 Å². The van der Waals surface area contributed by atoms with Crippen molar-refractivity contribution in [2.24, 2.45) is 5.92 Å². The van der Waals surface area contributed by atoms with Gasteiger partial charge < -0.3 is 10.0 Å². The number of thiophene rings is 1. The summed E-state index contributed by atoms with van der Waals surface area (Å²) in [5.41, 5.74) is 3.63. The molecular weight excluding hydrogens is 350 g/mol. The van der Waals surface area contributed by atoms with E-state index >= 15 is 0 Å². The molecule has 0 unspecified atom stereocenters. The van der Waals surface area contributed by atoms with E-state index in [2.05, 4.69) is 4.98 Å². The van der Waals surface area contributed by atoms with Gasteiger partial charge in [-0.2, -0.15) is 0 Å². The van der Waals surface area contributed by atoms with Crippen molar-refractivity contribution < 1.29 is 9.90 Å². The number of carboxylic acids is 1. The van der Waals surface area contributed by atoms with Crippen molar-refractivity contribution in [2.75, 3.05) is 18.0 Å². The number of benzene rings is 1. The second-order valence-electron chi connectivity index (χ2n) is 6.71. The van der Waals surface area contributed by atoms with Gasteiger partial charge in [0.15, 0.2) is 0 Å². The fraction of sp³-hybridized carbons (Fsp3) is 0.316. The highest BCUT2D eigenvalue weighted by atomic mass is 32.1. The number of fused-ring (bicyclic) bond motifs is 1. The van der Waals surface area contributed by atoms with Crippen molar-refractivity contribution in [1.29, 1.82) is 0 Å². The normalized spacial score (nSPS) is 17.6. The molecule has 0 saturated carbocycles. The lowest BCUT2D eigenvalue weighted by molar-refractivity contribution is -0.141. The van der Waals surface area contributed by atoms with E-state index in [1.165, 1.54) is 16.9 Å². The summed E-state index contributed by atoms with van der Waals surface area (Å²) in [5, 5.41) is 11.3. The Kier molecular flexibility index (Phi) is 4.24. The van der Waals surface area contributed by atoms with Crippen LogP contribution in [0, 0.1) is 12.8 Å². The molecule has 4 rings (SSSR count). The van der Waals surface area contributed by atoms with Crippen LogP contribution in [0.5, 0.6) is 0 Å². The molecule has 1 aromatic carbocycles. The molecular formula is C19H19N3O3S. The molecule has 0 aliphatic carbocycles. The van der Waals surface area contributed by atoms with Crippen LogP contribution in [-0.2, 0) is 4.79 Å². The molecule has 0 spiro atoms. The van der Waals surface area contributed by atoms with Gasteiger partial charge in [-0.25, -0.2) is 4.98 Å². The second kappa shape index (κ2) is 6.57. The standard InChI is InChI=1S/C19H19N3O3S/c1-11-4-6-12(7-5-11)14-10-26-16-15(14)20-19(21-17(16)23)22-8-2-3-13(9-22)18(24)25/h4-7,10,13H,2-3,8-9H2,1H3,(H,24,25)(H,20,21,23)/t13-/m1/s1. The van der Waals surface area contributed by atoms with Gasteiger partial charge in [0.25, 0.3) is 5.56 Å². The van der Waals surface area contributed by atoms with E-state index in [-0.39, 0.29) is 5.56 Å². The van der Waals surface area contributed by atoms with Crippen LogP contribution in [0.1, 0.15) is 18.4 Å². The van der Waals surface area contributed by atoms with Crippen LogP contribution < -0.4 is 10.5 Å². The number of nitrogens with zero attached hydrogens (tertiary/aromatic N) is 2. The van der Waals surface area contributed by atoms with Gasteiger partial charge in [-0.1, -0.05) is 29.8 Å². The van der Waals surface area contributed by atoms with Crippen molar-refractivity contribution in [3.05, 3.63) is 45.6 Å². The highest BCUT2D eigenvalue weighted by Gasteiger charge is 2.27. The fourth-order valence-corrected chi connectivity index (χ4v) is 4.28. The van der Waals surface area contributed by atoms with Crippen molar-refractivity contribution in [2.45, 2.75) is 19.8 Å². The Labute approximate surface area is 154 Å². The number of carbonyl (C=O) groups is 1. The van der Waals surface area contributed by atoms with Crippen molar-refractivity contribution in [3.8, 4) is 11.1 Å². The second-order valence-corrected chi connectivity index (χ2v) is 7.59. The zero-order valence-corrected chi connectivity index (χ0v) is 15.2. The van der Waals surface area contributed by atoms with Gasteiger partial charge >= 0.3 is 5.97 Å². The first-order chi connectivity index (χ1) is 12.5. The lowest BCUT2D eigenvalue weighted by Crippen LogP contribution is -2.40. The van der Waals surface area contributed by atoms with Gasteiger partial charge in [0.2, 0.25) is 5.95 Å². The number of carboxylic acid groups (broad SMARTS) is 1. The molecule has 6 nitrogen and oxygen atoms in total. The minimum absolute atomic E-state index is 0.175. The van der Waals surface area contributed by atoms with E-state index in [0.29, 0.717) is 35.7 Å². The first kappa shape index (κ1) is 16.8. The first-order valence-corrected chi connectivity index (χ1v) is 9.47. The average molecular weight is 369 g/mol. The molecule has 1 aliphatic heterocycles. The Morgan fingerprint density at radius 2 is 2.12 bits per heavy atom. The van der Waals surface area contributed by atoms with Crippen LogP contribution >= 0.6 is 11.3 Å². The molecule has 1 fully saturated rings. The summed E-state index contributed by atoms with van der Waals surface area (Å²) in [6, 6.07) is 8.13. The molecule has 0 radical (unpaired) electrons. The Morgan fingerprint density at radius 3 is 2.85 bits per heavy atom. The maximum atomic E-state index is 12.5. The fourth-order valence-electron chi connectivity index (χ4n) is 3.37. The third-order valence-corrected chi connectivity index (χ3v) is 5.81. The summed E-state index contributed by atoms with van der Waals surface area (Å²) < 4.78 is 0.594. The monoisotopic (exact) mass is 369 g/mol. The van der Waals surface area contributed by atoms with Crippen molar-refractivity contribution in [3.63, 3.8) is 0 Å². The number of aromatic nitrogens is 2. The molecule has 2 N–H and O–H groups in total. The predicted octanol–water partition coefficient (Wildman–Crippen LogP) is 3.26. The quantitative estimate of drug-likeness (QED) is 0.740. The summed E-state index contributed by atoms with van der Waals surface area (Å²) in [4.78, 5) is 33.3. The molecule has 26 heavy (non-hydrogen) atoms. The molecule has 134 valence electrons. The number of H-pyrrole nitrogens is 1. The molecule has 0 amide bonds. The Balaban J connectivity index is 1.78. The van der Waals surface area contributed by atoms with E-state index < -0.39 is 11.9 Å². The average Bonchev–Trinajstić information content (AvgIpc) is 3.07. The van der Waals surface area contributed by atoms with E-state index in [1.54, 1.807) is 0 Å². The highest BCUT2D eigenvalue weighted by Crippen LogP contribution is 2.32. The molecule has 2 aromatic heterocycles. The number of rotatable bonds is 3. The zero-order chi connectivity index (χ0) is 18.3. The number of piperidine rings is 1. The van der Waals surface area contributed by atoms with Crippen molar-refractivity contribution >= 4 is 33.5 Å². The molecule has 0 bridgehead atoms. The Morgan fingerprint density at radius 1 is 1.35 bits per heavy atom. The Hall–Kier alpha value is -2.67. The molecule has 1 atom stereocenters. The summed E-state index contributed by atoms with van der Waals surface area (Å²) in [7, 11) is 0. The first-order valence-electron chi connectivity index (χ1n) is 8.59. The van der Waals surface area contributed by atoms with Crippen LogP contribution in [0.4, 0.5) is 5.95 Å². The Bertz CT molecular complexity index is 1020. The summed E-state index contributed by atoms with van der Waals surface area (Å²) in [5.74, 6) is -0.766. The summed E-state index contributed by atoms with van der Waals surface area (Å²) >= 11 is 1.38. The van der Waals surface area contributed by atoms with E-state index in [1.807, 2.05) is 41.5 Å². The van der Waals surface area contributed by atoms with Gasteiger partial charge in [-0.3, -0.25) is 14.6 Å². The van der Waals surface area contributed by atoms with Gasteiger partial charge in [-0.05, 0) is 25.3 Å². The van der Waals surface area contributed by atoms with E-state index in [9.17, 15) is 14.7 Å². The van der Waals surface area contributed by atoms with Crippen molar-refractivity contribution in [1.82, 2.24) is 9.97 Å². The number of aryl methyl sites for hydroxylation is 1.